The van der Waals surface area contributed by atoms with Crippen molar-refractivity contribution in [3.05, 3.63) is 51.7 Å². The van der Waals surface area contributed by atoms with E-state index in [9.17, 15) is 0 Å². The molecule has 0 radical (unpaired) electrons. The highest BCUT2D eigenvalue weighted by Crippen LogP contribution is 2.20. The molecular formula is C15H19NOS. The minimum atomic E-state index is 0.321. The van der Waals surface area contributed by atoms with Crippen molar-refractivity contribution in [2.24, 2.45) is 0 Å². The summed E-state index contributed by atoms with van der Waals surface area (Å²) < 4.78 is 5.25. The van der Waals surface area contributed by atoms with Gasteiger partial charge in [0, 0.05) is 17.5 Å². The molecule has 1 atom stereocenters. The number of thiophene rings is 1. The zero-order valence-electron chi connectivity index (χ0n) is 11.1. The van der Waals surface area contributed by atoms with Gasteiger partial charge in [-0.05, 0) is 48.6 Å². The van der Waals surface area contributed by atoms with Gasteiger partial charge in [-0.1, -0.05) is 12.1 Å². The van der Waals surface area contributed by atoms with Gasteiger partial charge < -0.3 is 10.1 Å². The summed E-state index contributed by atoms with van der Waals surface area (Å²) >= 11 is 1.81. The molecule has 3 heteroatoms. The van der Waals surface area contributed by atoms with Gasteiger partial charge in [0.25, 0.3) is 0 Å². The van der Waals surface area contributed by atoms with Crippen molar-refractivity contribution >= 4 is 11.3 Å². The van der Waals surface area contributed by atoms with E-state index in [2.05, 4.69) is 42.7 Å². The maximum atomic E-state index is 5.25. The van der Waals surface area contributed by atoms with Gasteiger partial charge in [-0.15, -0.1) is 11.3 Å². The van der Waals surface area contributed by atoms with E-state index in [0.717, 1.165) is 12.3 Å². The van der Waals surface area contributed by atoms with Crippen LogP contribution in [0.15, 0.2) is 35.7 Å². The number of hydrogen-bond acceptors (Lipinski definition) is 3. The fraction of sp³-hybridized carbons (Fsp3) is 0.333. The second-order valence-electron chi connectivity index (χ2n) is 4.41. The monoisotopic (exact) mass is 261 g/mol. The number of ether oxygens (including phenoxy) is 1. The summed E-state index contributed by atoms with van der Waals surface area (Å²) in [6.45, 7) is 5.25. The highest BCUT2D eigenvalue weighted by molar-refractivity contribution is 7.10. The fourth-order valence-electron chi connectivity index (χ4n) is 1.86. The highest BCUT2D eigenvalue weighted by Gasteiger charge is 2.07. The van der Waals surface area contributed by atoms with Crippen molar-refractivity contribution in [2.75, 3.05) is 7.11 Å². The normalized spacial score (nSPS) is 12.4. The van der Waals surface area contributed by atoms with Crippen molar-refractivity contribution in [3.8, 4) is 5.75 Å². The Morgan fingerprint density at radius 1 is 1.33 bits per heavy atom. The summed E-state index contributed by atoms with van der Waals surface area (Å²) in [5.41, 5.74) is 2.62. The Balaban J connectivity index is 1.99. The summed E-state index contributed by atoms with van der Waals surface area (Å²) in [6.07, 6.45) is 0. The van der Waals surface area contributed by atoms with E-state index in [1.807, 2.05) is 23.5 Å². The van der Waals surface area contributed by atoms with E-state index < -0.39 is 0 Å². The predicted molar refractivity (Wildman–Crippen MR) is 77.3 cm³/mol. The van der Waals surface area contributed by atoms with Gasteiger partial charge in [0.2, 0.25) is 0 Å². The minimum absolute atomic E-state index is 0.321. The van der Waals surface area contributed by atoms with Crippen molar-refractivity contribution in [3.63, 3.8) is 0 Å². The number of methoxy groups -OCH3 is 1. The number of hydrogen-bond donors (Lipinski definition) is 1. The average molecular weight is 261 g/mol. The third kappa shape index (κ3) is 3.12. The SMILES string of the molecule is COc1cccc(C(C)NCc2sccc2C)c1. The molecule has 18 heavy (non-hydrogen) atoms. The van der Waals surface area contributed by atoms with E-state index in [-0.39, 0.29) is 0 Å². The topological polar surface area (TPSA) is 21.3 Å². The number of rotatable bonds is 5. The lowest BCUT2D eigenvalue weighted by Gasteiger charge is -2.15. The maximum Gasteiger partial charge on any atom is 0.119 e. The molecule has 0 saturated heterocycles. The van der Waals surface area contributed by atoms with Crippen LogP contribution in [0.5, 0.6) is 5.75 Å². The molecule has 0 bridgehead atoms. The molecule has 0 spiro atoms. The second-order valence-corrected chi connectivity index (χ2v) is 5.41. The van der Waals surface area contributed by atoms with Crippen LogP contribution >= 0.6 is 11.3 Å². The van der Waals surface area contributed by atoms with Crippen LogP contribution in [0, 0.1) is 6.92 Å². The minimum Gasteiger partial charge on any atom is -0.497 e. The van der Waals surface area contributed by atoms with Gasteiger partial charge in [-0.2, -0.15) is 0 Å². The van der Waals surface area contributed by atoms with E-state index in [1.54, 1.807) is 7.11 Å². The Bertz CT molecular complexity index is 507. The summed E-state index contributed by atoms with van der Waals surface area (Å²) in [6, 6.07) is 10.7. The summed E-state index contributed by atoms with van der Waals surface area (Å²) in [5, 5.41) is 5.69. The van der Waals surface area contributed by atoms with Gasteiger partial charge >= 0.3 is 0 Å². The van der Waals surface area contributed by atoms with Gasteiger partial charge in [0.15, 0.2) is 0 Å². The Hall–Kier alpha value is -1.32. The number of benzene rings is 1. The van der Waals surface area contributed by atoms with Gasteiger partial charge in [0.1, 0.15) is 5.75 Å². The Morgan fingerprint density at radius 3 is 2.83 bits per heavy atom. The van der Waals surface area contributed by atoms with Crippen LogP contribution in [0.2, 0.25) is 0 Å². The lowest BCUT2D eigenvalue weighted by molar-refractivity contribution is 0.413. The summed E-state index contributed by atoms with van der Waals surface area (Å²) in [4.78, 5) is 1.41. The van der Waals surface area contributed by atoms with Crippen LogP contribution in [0.1, 0.15) is 29.0 Å². The molecule has 0 aliphatic rings. The van der Waals surface area contributed by atoms with Crippen LogP contribution in [-0.4, -0.2) is 7.11 Å². The van der Waals surface area contributed by atoms with E-state index in [4.69, 9.17) is 4.74 Å². The molecule has 2 rings (SSSR count). The molecule has 1 N–H and O–H groups in total. The van der Waals surface area contributed by atoms with Gasteiger partial charge in [-0.25, -0.2) is 0 Å². The molecule has 1 unspecified atom stereocenters. The molecule has 1 aromatic heterocycles. The van der Waals surface area contributed by atoms with Crippen molar-refractivity contribution in [2.45, 2.75) is 26.4 Å². The zero-order chi connectivity index (χ0) is 13.0. The van der Waals surface area contributed by atoms with Gasteiger partial charge in [-0.3, -0.25) is 0 Å². The van der Waals surface area contributed by atoms with Crippen molar-refractivity contribution < 1.29 is 4.74 Å². The number of nitrogens with one attached hydrogen (secondary N) is 1. The van der Waals surface area contributed by atoms with Crippen LogP contribution in [0.25, 0.3) is 0 Å². The molecular weight excluding hydrogens is 242 g/mol. The quantitative estimate of drug-likeness (QED) is 0.881. The third-order valence-electron chi connectivity index (χ3n) is 3.13. The predicted octanol–water partition coefficient (Wildman–Crippen LogP) is 3.92. The standard InChI is InChI=1S/C15H19NOS/c1-11-7-8-18-15(11)10-16-12(2)13-5-4-6-14(9-13)17-3/h4-9,12,16H,10H2,1-3H3. The van der Waals surface area contributed by atoms with Crippen LogP contribution in [0.4, 0.5) is 0 Å². The van der Waals surface area contributed by atoms with E-state index in [0.29, 0.717) is 6.04 Å². The Morgan fingerprint density at radius 2 is 2.17 bits per heavy atom. The fourth-order valence-corrected chi connectivity index (χ4v) is 2.72. The lowest BCUT2D eigenvalue weighted by Crippen LogP contribution is -2.17. The summed E-state index contributed by atoms with van der Waals surface area (Å²) in [5.74, 6) is 0.911. The highest BCUT2D eigenvalue weighted by atomic mass is 32.1. The van der Waals surface area contributed by atoms with Crippen LogP contribution < -0.4 is 10.1 Å². The first-order chi connectivity index (χ1) is 8.70. The van der Waals surface area contributed by atoms with Gasteiger partial charge in [0.05, 0.1) is 7.11 Å². The van der Waals surface area contributed by atoms with Crippen molar-refractivity contribution in [1.29, 1.82) is 0 Å². The zero-order valence-corrected chi connectivity index (χ0v) is 11.9. The van der Waals surface area contributed by atoms with Crippen molar-refractivity contribution in [1.82, 2.24) is 5.32 Å². The Labute approximate surface area is 113 Å². The smallest absolute Gasteiger partial charge is 0.119 e. The molecule has 0 fully saturated rings. The molecule has 1 heterocycles. The first-order valence-corrected chi connectivity index (χ1v) is 6.99. The molecule has 1 aromatic carbocycles. The largest absolute Gasteiger partial charge is 0.497 e. The maximum absolute atomic E-state index is 5.25. The first-order valence-electron chi connectivity index (χ1n) is 6.11. The van der Waals surface area contributed by atoms with Crippen LogP contribution in [-0.2, 0) is 6.54 Å². The molecule has 2 nitrogen and oxygen atoms in total. The molecule has 0 saturated carbocycles. The second kappa shape index (κ2) is 6.03. The third-order valence-corrected chi connectivity index (χ3v) is 4.15. The molecule has 0 amide bonds. The molecule has 96 valence electrons. The van der Waals surface area contributed by atoms with Crippen LogP contribution in [0.3, 0.4) is 0 Å². The lowest BCUT2D eigenvalue weighted by atomic mass is 10.1. The van der Waals surface area contributed by atoms with E-state index in [1.165, 1.54) is 16.0 Å². The average Bonchev–Trinajstić information content (AvgIpc) is 2.81. The summed E-state index contributed by atoms with van der Waals surface area (Å²) in [7, 11) is 1.70. The molecule has 0 aliphatic carbocycles. The Kier molecular flexibility index (Phi) is 4.39. The molecule has 0 aliphatic heterocycles. The first kappa shape index (κ1) is 13.1. The molecule has 2 aromatic rings. The van der Waals surface area contributed by atoms with E-state index >= 15 is 0 Å². The number of aryl methyl sites for hydroxylation is 1.